The molecule has 0 radical (unpaired) electrons. The van der Waals surface area contributed by atoms with Crippen molar-refractivity contribution in [3.05, 3.63) is 23.9 Å². The van der Waals surface area contributed by atoms with Crippen LogP contribution in [0.1, 0.15) is 44.6 Å². The highest BCUT2D eigenvalue weighted by Gasteiger charge is 2.13. The largest absolute Gasteiger partial charge is 0.481 e. The van der Waals surface area contributed by atoms with E-state index in [4.69, 9.17) is 4.74 Å². The zero-order chi connectivity index (χ0) is 10.4. The van der Waals surface area contributed by atoms with Crippen molar-refractivity contribution in [2.75, 3.05) is 7.11 Å². The van der Waals surface area contributed by atoms with Crippen LogP contribution in [0.2, 0.25) is 0 Å². The van der Waals surface area contributed by atoms with Gasteiger partial charge >= 0.3 is 0 Å². The molecule has 14 heavy (non-hydrogen) atoms. The Labute approximate surface area is 86.3 Å². The van der Waals surface area contributed by atoms with Gasteiger partial charge in [0.25, 0.3) is 0 Å². The lowest BCUT2D eigenvalue weighted by atomic mass is 9.93. The first-order chi connectivity index (χ1) is 6.83. The molecule has 0 aliphatic carbocycles. The topological polar surface area (TPSA) is 22.1 Å². The van der Waals surface area contributed by atoms with Gasteiger partial charge in [-0.05, 0) is 24.8 Å². The monoisotopic (exact) mass is 193 g/mol. The minimum Gasteiger partial charge on any atom is -0.481 e. The molecule has 0 aromatic carbocycles. The molecule has 0 fully saturated rings. The zero-order valence-corrected chi connectivity index (χ0v) is 9.29. The number of hydrogen-bond acceptors (Lipinski definition) is 2. The van der Waals surface area contributed by atoms with Crippen LogP contribution in [0.3, 0.4) is 0 Å². The predicted molar refractivity (Wildman–Crippen MR) is 58.7 cm³/mol. The van der Waals surface area contributed by atoms with Crippen molar-refractivity contribution in [2.45, 2.75) is 39.0 Å². The lowest BCUT2D eigenvalue weighted by Gasteiger charge is -2.16. The fourth-order valence-electron chi connectivity index (χ4n) is 1.81. The second-order valence-electron chi connectivity index (χ2n) is 3.50. The second kappa shape index (κ2) is 5.63. The van der Waals surface area contributed by atoms with Gasteiger partial charge in [0.05, 0.1) is 7.11 Å². The molecule has 0 saturated heterocycles. The van der Waals surface area contributed by atoms with Gasteiger partial charge in [-0.1, -0.05) is 26.3 Å². The SMILES string of the molecule is CCCC(CC)c1cccnc1OC. The maximum atomic E-state index is 5.26. The fraction of sp³-hybridized carbons (Fsp3) is 0.583. The van der Waals surface area contributed by atoms with Crippen LogP contribution in [0.25, 0.3) is 0 Å². The molecule has 1 unspecified atom stereocenters. The molecule has 0 saturated carbocycles. The summed E-state index contributed by atoms with van der Waals surface area (Å²) in [6.07, 6.45) is 5.34. The molecule has 0 aliphatic rings. The maximum absolute atomic E-state index is 5.26. The quantitative estimate of drug-likeness (QED) is 0.715. The highest BCUT2D eigenvalue weighted by Crippen LogP contribution is 2.30. The van der Waals surface area contributed by atoms with Gasteiger partial charge in [0.1, 0.15) is 0 Å². The fourth-order valence-corrected chi connectivity index (χ4v) is 1.81. The van der Waals surface area contributed by atoms with Crippen LogP contribution in [0.15, 0.2) is 18.3 Å². The maximum Gasteiger partial charge on any atom is 0.216 e. The van der Waals surface area contributed by atoms with Gasteiger partial charge in [-0.25, -0.2) is 4.98 Å². The van der Waals surface area contributed by atoms with Crippen molar-refractivity contribution >= 4 is 0 Å². The van der Waals surface area contributed by atoms with E-state index < -0.39 is 0 Å². The predicted octanol–water partition coefficient (Wildman–Crippen LogP) is 3.38. The molecule has 0 aliphatic heterocycles. The molecule has 2 nitrogen and oxygen atoms in total. The third-order valence-corrected chi connectivity index (χ3v) is 2.56. The summed E-state index contributed by atoms with van der Waals surface area (Å²) < 4.78 is 5.26. The van der Waals surface area contributed by atoms with Gasteiger partial charge in [-0.15, -0.1) is 0 Å². The van der Waals surface area contributed by atoms with Crippen molar-refractivity contribution in [1.82, 2.24) is 4.98 Å². The van der Waals surface area contributed by atoms with E-state index in [1.165, 1.54) is 18.4 Å². The Morgan fingerprint density at radius 3 is 2.79 bits per heavy atom. The van der Waals surface area contributed by atoms with Crippen LogP contribution in [-0.4, -0.2) is 12.1 Å². The number of ether oxygens (including phenoxy) is 1. The molecule has 1 aromatic heterocycles. The van der Waals surface area contributed by atoms with Gasteiger partial charge < -0.3 is 4.74 Å². The number of rotatable bonds is 5. The first kappa shape index (κ1) is 11.0. The Hall–Kier alpha value is -1.05. The summed E-state index contributed by atoms with van der Waals surface area (Å²) in [5.74, 6) is 1.37. The van der Waals surface area contributed by atoms with Crippen molar-refractivity contribution in [2.24, 2.45) is 0 Å². The smallest absolute Gasteiger partial charge is 0.216 e. The van der Waals surface area contributed by atoms with Crippen molar-refractivity contribution in [3.63, 3.8) is 0 Å². The Kier molecular flexibility index (Phi) is 4.44. The highest BCUT2D eigenvalue weighted by atomic mass is 16.5. The minimum atomic E-state index is 0.587. The number of methoxy groups -OCH3 is 1. The van der Waals surface area contributed by atoms with Crippen LogP contribution in [0, 0.1) is 0 Å². The molecule has 0 bridgehead atoms. The van der Waals surface area contributed by atoms with E-state index in [2.05, 4.69) is 24.9 Å². The molecule has 78 valence electrons. The molecule has 1 atom stereocenters. The van der Waals surface area contributed by atoms with E-state index >= 15 is 0 Å². The lowest BCUT2D eigenvalue weighted by molar-refractivity contribution is 0.385. The Balaban J connectivity index is 2.90. The molecule has 1 heterocycles. The summed E-state index contributed by atoms with van der Waals surface area (Å²) >= 11 is 0. The van der Waals surface area contributed by atoms with Crippen molar-refractivity contribution in [3.8, 4) is 5.88 Å². The molecule has 1 aromatic rings. The summed E-state index contributed by atoms with van der Waals surface area (Å²) in [4.78, 5) is 4.23. The summed E-state index contributed by atoms with van der Waals surface area (Å²) in [7, 11) is 1.69. The molecule has 0 N–H and O–H groups in total. The van der Waals surface area contributed by atoms with Gasteiger partial charge in [-0.3, -0.25) is 0 Å². The van der Waals surface area contributed by atoms with Crippen LogP contribution >= 0.6 is 0 Å². The minimum absolute atomic E-state index is 0.587. The van der Waals surface area contributed by atoms with E-state index in [1.54, 1.807) is 13.3 Å². The van der Waals surface area contributed by atoms with Gasteiger partial charge in [0, 0.05) is 11.8 Å². The third-order valence-electron chi connectivity index (χ3n) is 2.56. The van der Waals surface area contributed by atoms with Crippen molar-refractivity contribution < 1.29 is 4.74 Å². The Morgan fingerprint density at radius 1 is 1.43 bits per heavy atom. The normalized spacial score (nSPS) is 12.5. The zero-order valence-electron chi connectivity index (χ0n) is 9.29. The summed E-state index contributed by atoms with van der Waals surface area (Å²) in [6.45, 7) is 4.43. The molecule has 0 spiro atoms. The number of aromatic nitrogens is 1. The van der Waals surface area contributed by atoms with Crippen LogP contribution in [0.4, 0.5) is 0 Å². The average molecular weight is 193 g/mol. The number of hydrogen-bond donors (Lipinski definition) is 0. The first-order valence-electron chi connectivity index (χ1n) is 5.32. The number of nitrogens with zero attached hydrogens (tertiary/aromatic N) is 1. The van der Waals surface area contributed by atoms with E-state index in [-0.39, 0.29) is 0 Å². The standard InChI is InChI=1S/C12H19NO/c1-4-7-10(5-2)11-8-6-9-13-12(11)14-3/h6,8-10H,4-5,7H2,1-3H3. The molecular formula is C12H19NO. The first-order valence-corrected chi connectivity index (χ1v) is 5.32. The molecule has 1 rings (SSSR count). The second-order valence-corrected chi connectivity index (χ2v) is 3.50. The summed E-state index contributed by atoms with van der Waals surface area (Å²) in [5.41, 5.74) is 1.25. The van der Waals surface area contributed by atoms with Crippen LogP contribution in [-0.2, 0) is 0 Å². The third kappa shape index (κ3) is 2.47. The van der Waals surface area contributed by atoms with Gasteiger partial charge in [0.2, 0.25) is 5.88 Å². The van der Waals surface area contributed by atoms with E-state index in [0.717, 1.165) is 12.3 Å². The Bertz CT molecular complexity index is 273. The van der Waals surface area contributed by atoms with Crippen molar-refractivity contribution in [1.29, 1.82) is 0 Å². The molecular weight excluding hydrogens is 174 g/mol. The van der Waals surface area contributed by atoms with Gasteiger partial charge in [0.15, 0.2) is 0 Å². The van der Waals surface area contributed by atoms with E-state index in [1.807, 2.05) is 6.07 Å². The van der Waals surface area contributed by atoms with Crippen LogP contribution in [0.5, 0.6) is 5.88 Å². The van der Waals surface area contributed by atoms with Gasteiger partial charge in [-0.2, -0.15) is 0 Å². The molecule has 2 heteroatoms. The lowest BCUT2D eigenvalue weighted by Crippen LogP contribution is -2.01. The Morgan fingerprint density at radius 2 is 2.21 bits per heavy atom. The summed E-state index contributed by atoms with van der Waals surface area (Å²) in [6, 6.07) is 4.10. The number of pyridine rings is 1. The van der Waals surface area contributed by atoms with E-state index in [9.17, 15) is 0 Å². The summed E-state index contributed by atoms with van der Waals surface area (Å²) in [5, 5.41) is 0. The molecule has 0 amide bonds. The average Bonchev–Trinajstić information content (AvgIpc) is 2.26. The highest BCUT2D eigenvalue weighted by molar-refractivity contribution is 5.29. The van der Waals surface area contributed by atoms with E-state index in [0.29, 0.717) is 5.92 Å². The van der Waals surface area contributed by atoms with Crippen LogP contribution < -0.4 is 4.74 Å².